The summed E-state index contributed by atoms with van der Waals surface area (Å²) >= 11 is 0. The van der Waals surface area contributed by atoms with Gasteiger partial charge in [-0.05, 0) is 48.4 Å². The fourth-order valence-corrected chi connectivity index (χ4v) is 5.62. The van der Waals surface area contributed by atoms with Gasteiger partial charge in [-0.25, -0.2) is 23.4 Å². The summed E-state index contributed by atoms with van der Waals surface area (Å²) < 4.78 is 28.8. The number of sulfone groups is 1. The maximum absolute atomic E-state index is 11.5. The van der Waals surface area contributed by atoms with E-state index in [1.807, 2.05) is 36.7 Å². The third kappa shape index (κ3) is 4.75. The Hall–Kier alpha value is -3.40. The van der Waals surface area contributed by atoms with Gasteiger partial charge in [0.05, 0.1) is 29.9 Å². The van der Waals surface area contributed by atoms with Crippen molar-refractivity contribution in [2.24, 2.45) is 0 Å². The zero-order chi connectivity index (χ0) is 24.0. The van der Waals surface area contributed by atoms with Gasteiger partial charge in [0.1, 0.15) is 12.3 Å². The molecule has 4 heterocycles. The van der Waals surface area contributed by atoms with Crippen molar-refractivity contribution in [2.75, 3.05) is 41.5 Å². The van der Waals surface area contributed by atoms with E-state index in [2.05, 4.69) is 25.5 Å². The molecule has 2 N–H and O–H groups in total. The van der Waals surface area contributed by atoms with E-state index in [0.717, 1.165) is 53.6 Å². The normalized spacial score (nSPS) is 17.1. The number of hydrogen-bond donors (Lipinski definition) is 2. The van der Waals surface area contributed by atoms with Crippen molar-refractivity contribution in [3.05, 3.63) is 59.0 Å². The molecule has 1 saturated carbocycles. The van der Waals surface area contributed by atoms with Gasteiger partial charge in [0.2, 0.25) is 11.8 Å². The van der Waals surface area contributed by atoms with Gasteiger partial charge in [-0.3, -0.25) is 0 Å². The summed E-state index contributed by atoms with van der Waals surface area (Å²) in [4.78, 5) is 16.3. The Labute approximate surface area is 204 Å². The van der Waals surface area contributed by atoms with Crippen molar-refractivity contribution < 1.29 is 13.2 Å². The number of nitrogens with one attached hydrogen (secondary N) is 2. The second-order valence-electron chi connectivity index (χ2n) is 9.52. The average Bonchev–Trinajstić information content (AvgIpc) is 3.68. The minimum atomic E-state index is -3.06. The molecule has 0 spiro atoms. The molecule has 3 aliphatic rings. The molecule has 6 rings (SSSR count). The smallest absolute Gasteiger partial charge is 0.237 e. The van der Waals surface area contributed by atoms with Crippen LogP contribution in [0.1, 0.15) is 41.1 Å². The van der Waals surface area contributed by atoms with Crippen molar-refractivity contribution in [3.8, 4) is 5.88 Å². The number of ether oxygens (including phenoxy) is 1. The molecule has 1 aromatic carbocycles. The minimum absolute atomic E-state index is 0.0283. The van der Waals surface area contributed by atoms with Gasteiger partial charge in [0.25, 0.3) is 0 Å². The van der Waals surface area contributed by atoms with Crippen LogP contribution in [0.5, 0.6) is 5.88 Å². The number of fused-ring (bicyclic) bond motifs is 2. The summed E-state index contributed by atoms with van der Waals surface area (Å²) in [5.74, 6) is 1.84. The topological polar surface area (TPSA) is 109 Å². The number of nitrogens with zero attached hydrogens (tertiary/aromatic N) is 4. The molecule has 3 aromatic rings. The highest BCUT2D eigenvalue weighted by Gasteiger charge is 2.34. The van der Waals surface area contributed by atoms with Gasteiger partial charge < -0.3 is 20.3 Å². The highest BCUT2D eigenvalue weighted by molar-refractivity contribution is 7.89. The highest BCUT2D eigenvalue weighted by atomic mass is 32.2. The number of benzene rings is 1. The van der Waals surface area contributed by atoms with Crippen molar-refractivity contribution in [1.82, 2.24) is 15.0 Å². The molecular formula is C25H28N6O3S. The first-order chi connectivity index (χ1) is 16.9. The summed E-state index contributed by atoms with van der Waals surface area (Å²) in [6, 6.07) is 7.32. The predicted molar refractivity (Wildman–Crippen MR) is 135 cm³/mol. The van der Waals surface area contributed by atoms with E-state index in [-0.39, 0.29) is 5.75 Å². The van der Waals surface area contributed by atoms with Crippen LogP contribution >= 0.6 is 0 Å². The molecule has 10 heteroatoms. The monoisotopic (exact) mass is 492 g/mol. The summed E-state index contributed by atoms with van der Waals surface area (Å²) in [7, 11) is -3.06. The van der Waals surface area contributed by atoms with E-state index in [1.54, 1.807) is 0 Å². The summed E-state index contributed by atoms with van der Waals surface area (Å²) in [5, 5.41) is 6.77. The Kier molecular flexibility index (Phi) is 5.47. The first kappa shape index (κ1) is 22.1. The summed E-state index contributed by atoms with van der Waals surface area (Å²) in [5.41, 5.74) is 7.30. The molecule has 0 amide bonds. The van der Waals surface area contributed by atoms with E-state index in [1.165, 1.54) is 30.3 Å². The van der Waals surface area contributed by atoms with Gasteiger partial charge in [0, 0.05) is 36.8 Å². The largest absolute Gasteiger partial charge is 0.474 e. The van der Waals surface area contributed by atoms with Gasteiger partial charge in [0.15, 0.2) is 9.84 Å². The molecule has 0 unspecified atom stereocenters. The van der Waals surface area contributed by atoms with Gasteiger partial charge in [-0.2, -0.15) is 0 Å². The van der Waals surface area contributed by atoms with Crippen LogP contribution in [0.25, 0.3) is 0 Å². The molecule has 1 aliphatic carbocycles. The Morgan fingerprint density at radius 3 is 2.77 bits per heavy atom. The van der Waals surface area contributed by atoms with Crippen molar-refractivity contribution in [2.45, 2.75) is 37.5 Å². The van der Waals surface area contributed by atoms with Crippen LogP contribution in [0.15, 0.2) is 36.7 Å². The molecule has 0 radical (unpaired) electrons. The lowest BCUT2D eigenvalue weighted by molar-refractivity contribution is 0.310. The summed E-state index contributed by atoms with van der Waals surface area (Å²) in [6.07, 6.45) is 8.39. The molecule has 9 nitrogen and oxygen atoms in total. The van der Waals surface area contributed by atoms with Crippen LogP contribution in [0.2, 0.25) is 0 Å². The quantitative estimate of drug-likeness (QED) is 0.535. The van der Waals surface area contributed by atoms with Gasteiger partial charge in [-0.15, -0.1) is 0 Å². The van der Waals surface area contributed by atoms with Crippen LogP contribution in [0.3, 0.4) is 0 Å². The first-order valence-corrected chi connectivity index (χ1v) is 14.0. The number of aromatic nitrogens is 3. The highest BCUT2D eigenvalue weighted by Crippen LogP contribution is 2.50. The van der Waals surface area contributed by atoms with E-state index in [4.69, 9.17) is 9.72 Å². The molecule has 182 valence electrons. The predicted octanol–water partition coefficient (Wildman–Crippen LogP) is 3.40. The second-order valence-corrected chi connectivity index (χ2v) is 11.7. The molecule has 2 aliphatic heterocycles. The average molecular weight is 493 g/mol. The Morgan fingerprint density at radius 2 is 2.00 bits per heavy atom. The zero-order valence-corrected chi connectivity index (χ0v) is 20.4. The number of anilines is 4. The lowest BCUT2D eigenvalue weighted by Crippen LogP contribution is -2.33. The number of rotatable bonds is 6. The maximum atomic E-state index is 11.5. The lowest BCUT2D eigenvalue weighted by atomic mass is 10.0. The Balaban J connectivity index is 1.23. The Morgan fingerprint density at radius 1 is 1.17 bits per heavy atom. The number of hydrogen-bond acceptors (Lipinski definition) is 9. The van der Waals surface area contributed by atoms with E-state index in [9.17, 15) is 8.42 Å². The van der Waals surface area contributed by atoms with Crippen LogP contribution in [0.4, 0.5) is 23.0 Å². The van der Waals surface area contributed by atoms with Crippen LogP contribution in [0, 0.1) is 0 Å². The SMILES string of the molecule is CS(=O)(=O)Cc1ccc(Nc2ncc3c(n2)CN(c2cnc4c(c2C2CC2)NCCO4)CC3)cc1. The standard InChI is InChI=1S/C25H28N6O3S/c1-35(32,33)15-16-2-6-19(7-3-16)29-25-28-12-18-8-10-31(14-20(18)30-25)21-13-27-24-23(26-9-11-34-24)22(21)17-4-5-17/h2-3,6-7,12-13,17,26H,4-5,8-11,14-15H2,1H3,(H,28,29,30). The fraction of sp³-hybridized carbons (Fsp3) is 0.400. The van der Waals surface area contributed by atoms with E-state index < -0.39 is 9.84 Å². The van der Waals surface area contributed by atoms with Crippen LogP contribution in [-0.2, 0) is 28.6 Å². The molecule has 35 heavy (non-hydrogen) atoms. The minimum Gasteiger partial charge on any atom is -0.474 e. The fourth-order valence-electron chi connectivity index (χ4n) is 4.82. The molecular weight excluding hydrogens is 464 g/mol. The number of pyridine rings is 1. The first-order valence-electron chi connectivity index (χ1n) is 12.0. The van der Waals surface area contributed by atoms with Crippen LogP contribution in [-0.4, -0.2) is 49.3 Å². The van der Waals surface area contributed by atoms with Crippen molar-refractivity contribution >= 4 is 32.8 Å². The molecule has 2 aromatic heterocycles. The second kappa shape index (κ2) is 8.67. The molecule has 0 saturated heterocycles. The molecule has 1 fully saturated rings. The molecule has 0 bridgehead atoms. The lowest BCUT2D eigenvalue weighted by Gasteiger charge is -2.33. The maximum Gasteiger partial charge on any atom is 0.237 e. The van der Waals surface area contributed by atoms with E-state index in [0.29, 0.717) is 25.0 Å². The zero-order valence-electron chi connectivity index (χ0n) is 19.6. The Bertz CT molecular complexity index is 1370. The van der Waals surface area contributed by atoms with Crippen molar-refractivity contribution in [3.63, 3.8) is 0 Å². The van der Waals surface area contributed by atoms with Gasteiger partial charge in [-0.1, -0.05) is 12.1 Å². The third-order valence-electron chi connectivity index (χ3n) is 6.62. The summed E-state index contributed by atoms with van der Waals surface area (Å²) in [6.45, 7) is 3.04. The molecule has 0 atom stereocenters. The van der Waals surface area contributed by atoms with Crippen LogP contribution < -0.4 is 20.3 Å². The third-order valence-corrected chi connectivity index (χ3v) is 7.47. The van der Waals surface area contributed by atoms with E-state index >= 15 is 0 Å². The van der Waals surface area contributed by atoms with Crippen molar-refractivity contribution in [1.29, 1.82) is 0 Å². The van der Waals surface area contributed by atoms with Gasteiger partial charge >= 0.3 is 0 Å².